The van der Waals surface area contributed by atoms with Crippen molar-refractivity contribution in [1.82, 2.24) is 0 Å². The molecule has 1 aliphatic rings. The van der Waals surface area contributed by atoms with Gasteiger partial charge in [0, 0.05) is 13.7 Å². The highest BCUT2D eigenvalue weighted by molar-refractivity contribution is 5.75. The molecule has 0 saturated heterocycles. The first-order valence-corrected chi connectivity index (χ1v) is 7.72. The van der Waals surface area contributed by atoms with Crippen LogP contribution in [-0.4, -0.2) is 37.9 Å². The van der Waals surface area contributed by atoms with Crippen molar-refractivity contribution in [1.29, 1.82) is 0 Å². The van der Waals surface area contributed by atoms with Crippen molar-refractivity contribution >= 4 is 11.9 Å². The largest absolute Gasteiger partial charge is 0.465 e. The summed E-state index contributed by atoms with van der Waals surface area (Å²) in [7, 11) is 1.58. The molecule has 5 heteroatoms. The lowest BCUT2D eigenvalue weighted by molar-refractivity contribution is -0.165. The van der Waals surface area contributed by atoms with E-state index in [4.69, 9.17) is 14.2 Å². The van der Waals surface area contributed by atoms with E-state index in [1.807, 2.05) is 20.8 Å². The molecule has 1 fully saturated rings. The van der Waals surface area contributed by atoms with Crippen LogP contribution in [0.25, 0.3) is 0 Å². The molecule has 0 unspecified atom stereocenters. The second-order valence-corrected chi connectivity index (χ2v) is 6.62. The summed E-state index contributed by atoms with van der Waals surface area (Å²) < 4.78 is 15.7. The molecule has 0 spiro atoms. The van der Waals surface area contributed by atoms with Gasteiger partial charge in [0.2, 0.25) is 0 Å². The minimum absolute atomic E-state index is 0.00621. The summed E-state index contributed by atoms with van der Waals surface area (Å²) in [6.45, 7) is 5.98. The topological polar surface area (TPSA) is 61.8 Å². The second-order valence-electron chi connectivity index (χ2n) is 6.62. The Morgan fingerprint density at radius 1 is 1.19 bits per heavy atom. The van der Waals surface area contributed by atoms with Crippen LogP contribution >= 0.6 is 0 Å². The summed E-state index contributed by atoms with van der Waals surface area (Å²) in [4.78, 5) is 24.1. The minimum Gasteiger partial charge on any atom is -0.465 e. The van der Waals surface area contributed by atoms with E-state index in [9.17, 15) is 9.59 Å². The van der Waals surface area contributed by atoms with Gasteiger partial charge in [-0.1, -0.05) is 12.8 Å². The number of ether oxygens (including phenoxy) is 3. The normalized spacial score (nSPS) is 17.5. The molecule has 0 aromatic carbocycles. The van der Waals surface area contributed by atoms with Gasteiger partial charge in [0.1, 0.15) is 12.2 Å². The summed E-state index contributed by atoms with van der Waals surface area (Å²) in [5, 5.41) is 0. The van der Waals surface area contributed by atoms with Gasteiger partial charge in [0.05, 0.1) is 11.8 Å². The molecule has 0 aromatic rings. The van der Waals surface area contributed by atoms with E-state index in [0.29, 0.717) is 13.0 Å². The van der Waals surface area contributed by atoms with Gasteiger partial charge < -0.3 is 14.2 Å². The monoisotopic (exact) mass is 300 g/mol. The Labute approximate surface area is 127 Å². The summed E-state index contributed by atoms with van der Waals surface area (Å²) in [6, 6.07) is 0. The maximum atomic E-state index is 12.1. The van der Waals surface area contributed by atoms with Gasteiger partial charge in [-0.15, -0.1) is 0 Å². The highest BCUT2D eigenvalue weighted by Gasteiger charge is 2.29. The lowest BCUT2D eigenvalue weighted by Crippen LogP contribution is -2.32. The van der Waals surface area contributed by atoms with Crippen LogP contribution in [0.2, 0.25) is 0 Å². The van der Waals surface area contributed by atoms with Crippen molar-refractivity contribution in [2.75, 3.05) is 20.3 Å². The van der Waals surface area contributed by atoms with Gasteiger partial charge in [-0.05, 0) is 40.0 Å². The molecule has 1 atom stereocenters. The van der Waals surface area contributed by atoms with Crippen LogP contribution in [-0.2, 0) is 23.8 Å². The number of hydrogen-bond donors (Lipinski definition) is 0. The molecule has 1 aliphatic carbocycles. The SMILES string of the molecule is COCC[C@@H](COC(=O)C1CCCC1)C(=O)OC(C)(C)C. The van der Waals surface area contributed by atoms with Gasteiger partial charge in [-0.2, -0.15) is 0 Å². The van der Waals surface area contributed by atoms with Crippen LogP contribution in [0.15, 0.2) is 0 Å². The Kier molecular flexibility index (Phi) is 7.15. The van der Waals surface area contributed by atoms with Gasteiger partial charge in [-0.25, -0.2) is 0 Å². The Hall–Kier alpha value is -1.10. The van der Waals surface area contributed by atoms with Gasteiger partial charge in [0.15, 0.2) is 0 Å². The first kappa shape index (κ1) is 18.0. The summed E-state index contributed by atoms with van der Waals surface area (Å²) in [5.41, 5.74) is -0.544. The molecule has 1 saturated carbocycles. The van der Waals surface area contributed by atoms with Crippen LogP contribution in [0.4, 0.5) is 0 Å². The van der Waals surface area contributed by atoms with Crippen molar-refractivity contribution in [3.63, 3.8) is 0 Å². The number of esters is 2. The maximum absolute atomic E-state index is 12.1. The third-order valence-electron chi connectivity index (χ3n) is 3.53. The molecule has 0 N–H and O–H groups in total. The molecule has 0 bridgehead atoms. The fourth-order valence-corrected chi connectivity index (χ4v) is 2.38. The third kappa shape index (κ3) is 6.93. The molecular weight excluding hydrogens is 272 g/mol. The Morgan fingerprint density at radius 3 is 2.33 bits per heavy atom. The van der Waals surface area contributed by atoms with E-state index in [0.717, 1.165) is 25.7 Å². The van der Waals surface area contributed by atoms with E-state index >= 15 is 0 Å². The van der Waals surface area contributed by atoms with E-state index in [-0.39, 0.29) is 24.5 Å². The van der Waals surface area contributed by atoms with Crippen molar-refractivity contribution in [2.45, 2.75) is 58.5 Å². The molecule has 0 amide bonds. The van der Waals surface area contributed by atoms with E-state index < -0.39 is 11.5 Å². The molecule has 1 rings (SSSR count). The fraction of sp³-hybridized carbons (Fsp3) is 0.875. The van der Waals surface area contributed by atoms with E-state index in [2.05, 4.69) is 0 Å². The predicted molar refractivity (Wildman–Crippen MR) is 78.7 cm³/mol. The molecule has 122 valence electrons. The number of carbonyl (C=O) groups excluding carboxylic acids is 2. The Morgan fingerprint density at radius 2 is 1.81 bits per heavy atom. The van der Waals surface area contributed by atoms with Crippen LogP contribution in [0.1, 0.15) is 52.9 Å². The average Bonchev–Trinajstić information content (AvgIpc) is 2.90. The highest BCUT2D eigenvalue weighted by Crippen LogP contribution is 2.26. The summed E-state index contributed by atoms with van der Waals surface area (Å²) in [6.07, 6.45) is 4.45. The number of hydrogen-bond acceptors (Lipinski definition) is 5. The molecule has 5 nitrogen and oxygen atoms in total. The highest BCUT2D eigenvalue weighted by atomic mass is 16.6. The van der Waals surface area contributed by atoms with Crippen LogP contribution in [0.5, 0.6) is 0 Å². The van der Waals surface area contributed by atoms with Crippen molar-refractivity contribution in [3.8, 4) is 0 Å². The number of methoxy groups -OCH3 is 1. The summed E-state index contributed by atoms with van der Waals surface area (Å²) in [5.74, 6) is -0.974. The lowest BCUT2D eigenvalue weighted by atomic mass is 10.1. The molecule has 0 aromatic heterocycles. The average molecular weight is 300 g/mol. The molecule has 21 heavy (non-hydrogen) atoms. The summed E-state index contributed by atoms with van der Waals surface area (Å²) >= 11 is 0. The lowest BCUT2D eigenvalue weighted by Gasteiger charge is -2.24. The fourth-order valence-electron chi connectivity index (χ4n) is 2.38. The minimum atomic E-state index is -0.544. The smallest absolute Gasteiger partial charge is 0.313 e. The van der Waals surface area contributed by atoms with Crippen molar-refractivity contribution < 1.29 is 23.8 Å². The quantitative estimate of drug-likeness (QED) is 0.676. The van der Waals surface area contributed by atoms with Gasteiger partial charge in [0.25, 0.3) is 0 Å². The Bertz CT molecular complexity index is 339. The predicted octanol–water partition coefficient (Wildman–Crippen LogP) is 2.71. The molecule has 0 heterocycles. The molecule has 0 aliphatic heterocycles. The van der Waals surface area contributed by atoms with Gasteiger partial charge >= 0.3 is 11.9 Å². The van der Waals surface area contributed by atoms with Crippen LogP contribution < -0.4 is 0 Å². The second kappa shape index (κ2) is 8.37. The van der Waals surface area contributed by atoms with Gasteiger partial charge in [-0.3, -0.25) is 9.59 Å². The van der Waals surface area contributed by atoms with E-state index in [1.54, 1.807) is 7.11 Å². The van der Waals surface area contributed by atoms with Crippen LogP contribution in [0, 0.1) is 11.8 Å². The van der Waals surface area contributed by atoms with E-state index in [1.165, 1.54) is 0 Å². The third-order valence-corrected chi connectivity index (χ3v) is 3.53. The first-order valence-electron chi connectivity index (χ1n) is 7.72. The zero-order valence-corrected chi connectivity index (χ0v) is 13.6. The molecule has 0 radical (unpaired) electrons. The van der Waals surface area contributed by atoms with Crippen molar-refractivity contribution in [2.24, 2.45) is 11.8 Å². The van der Waals surface area contributed by atoms with Crippen molar-refractivity contribution in [3.05, 3.63) is 0 Å². The first-order chi connectivity index (χ1) is 9.83. The maximum Gasteiger partial charge on any atom is 0.313 e. The number of rotatable bonds is 7. The van der Waals surface area contributed by atoms with Crippen LogP contribution in [0.3, 0.4) is 0 Å². The zero-order chi connectivity index (χ0) is 15.9. The zero-order valence-electron chi connectivity index (χ0n) is 13.6. The number of carbonyl (C=O) groups is 2. The molecular formula is C16H28O5. The standard InChI is InChI=1S/C16H28O5/c1-16(2,3)21-15(18)13(9-10-19-4)11-20-14(17)12-7-5-6-8-12/h12-13H,5-11H2,1-4H3/t13-/m0/s1. The Balaban J connectivity index is 2.48.